The lowest BCUT2D eigenvalue weighted by Crippen LogP contribution is -2.51. The Balaban J connectivity index is 1.43. The fourth-order valence-electron chi connectivity index (χ4n) is 4.15. The topological polar surface area (TPSA) is 87.4 Å². The van der Waals surface area contributed by atoms with Crippen LogP contribution in [-0.4, -0.2) is 53.0 Å². The molecule has 10 heteroatoms. The molecule has 0 radical (unpaired) electrons. The van der Waals surface area contributed by atoms with Gasteiger partial charge in [-0.05, 0) is 37.0 Å². The lowest BCUT2D eigenvalue weighted by Gasteiger charge is -2.39. The second-order valence-electron chi connectivity index (χ2n) is 7.35. The van der Waals surface area contributed by atoms with Crippen molar-refractivity contribution in [3.8, 4) is 0 Å². The molecule has 0 bridgehead atoms. The molecule has 2 aliphatic heterocycles. The minimum absolute atomic E-state index is 0.0112. The minimum atomic E-state index is -0.601. The third-order valence-corrected chi connectivity index (χ3v) is 6.03. The summed E-state index contributed by atoms with van der Waals surface area (Å²) >= 11 is 12.0. The van der Waals surface area contributed by atoms with Gasteiger partial charge in [-0.25, -0.2) is 9.97 Å². The summed E-state index contributed by atoms with van der Waals surface area (Å²) in [6.45, 7) is 2.01. The average Bonchev–Trinajstić information content (AvgIpc) is 3.10. The maximum Gasteiger partial charge on any atom is 0.241 e. The van der Waals surface area contributed by atoms with E-state index in [-0.39, 0.29) is 30.1 Å². The zero-order valence-corrected chi connectivity index (χ0v) is 17.1. The summed E-state index contributed by atoms with van der Waals surface area (Å²) in [6.07, 6.45) is 3.08. The molecular weight excluding hydrogens is 418 g/mol. The number of hydrogen-bond acceptors (Lipinski definition) is 6. The number of nitrogen functional groups attached to an aromatic ring is 1. The predicted octanol–water partition coefficient (Wildman–Crippen LogP) is 3.04. The van der Waals surface area contributed by atoms with Crippen LogP contribution in [0.4, 0.5) is 21.7 Å². The average molecular weight is 439 g/mol. The first-order valence-corrected chi connectivity index (χ1v) is 10.2. The second kappa shape index (κ2) is 8.20. The van der Waals surface area contributed by atoms with Crippen molar-refractivity contribution >= 4 is 46.4 Å². The van der Waals surface area contributed by atoms with Gasteiger partial charge in [0.25, 0.3) is 0 Å². The van der Waals surface area contributed by atoms with Crippen molar-refractivity contribution in [2.24, 2.45) is 5.92 Å². The van der Waals surface area contributed by atoms with Crippen LogP contribution in [0.5, 0.6) is 0 Å². The van der Waals surface area contributed by atoms with Crippen molar-refractivity contribution in [1.82, 2.24) is 14.9 Å². The Morgan fingerprint density at radius 2 is 1.93 bits per heavy atom. The highest BCUT2D eigenvalue weighted by molar-refractivity contribution is 6.35. The van der Waals surface area contributed by atoms with Crippen LogP contribution in [0.15, 0.2) is 24.5 Å². The van der Waals surface area contributed by atoms with Gasteiger partial charge in [-0.15, -0.1) is 0 Å². The van der Waals surface area contributed by atoms with Crippen LogP contribution in [0, 0.1) is 11.7 Å². The van der Waals surface area contributed by atoms with E-state index >= 15 is 0 Å². The SMILES string of the molecule is Nc1ncnc(N2CCC3CCN(C(=O)CNc4cc(Cl)cc(Cl)c4)CC32)c1F. The Kier molecular flexibility index (Phi) is 5.65. The molecular formula is C19H21Cl2FN6O. The first-order chi connectivity index (χ1) is 13.9. The number of hydrogen-bond donors (Lipinski definition) is 2. The summed E-state index contributed by atoms with van der Waals surface area (Å²) in [5.74, 6) is -0.183. The van der Waals surface area contributed by atoms with Crippen molar-refractivity contribution in [2.75, 3.05) is 42.1 Å². The molecule has 2 aromatic rings. The molecule has 2 unspecified atom stereocenters. The molecule has 29 heavy (non-hydrogen) atoms. The Morgan fingerprint density at radius 1 is 1.21 bits per heavy atom. The number of anilines is 3. The van der Waals surface area contributed by atoms with Gasteiger partial charge in [-0.2, -0.15) is 4.39 Å². The molecule has 3 heterocycles. The molecule has 0 spiro atoms. The number of nitrogens with one attached hydrogen (secondary N) is 1. The fourth-order valence-corrected chi connectivity index (χ4v) is 4.68. The maximum absolute atomic E-state index is 14.4. The van der Waals surface area contributed by atoms with Crippen LogP contribution in [0.1, 0.15) is 12.8 Å². The molecule has 4 rings (SSSR count). The number of carbonyl (C=O) groups is 1. The van der Waals surface area contributed by atoms with Crippen LogP contribution < -0.4 is 16.0 Å². The monoisotopic (exact) mass is 438 g/mol. The van der Waals surface area contributed by atoms with Crippen LogP contribution in [0.25, 0.3) is 0 Å². The smallest absolute Gasteiger partial charge is 0.241 e. The van der Waals surface area contributed by atoms with Gasteiger partial charge < -0.3 is 20.9 Å². The number of aromatic nitrogens is 2. The van der Waals surface area contributed by atoms with Crippen molar-refractivity contribution in [2.45, 2.75) is 18.9 Å². The lowest BCUT2D eigenvalue weighted by molar-refractivity contribution is -0.130. The molecule has 0 saturated carbocycles. The maximum atomic E-state index is 14.4. The lowest BCUT2D eigenvalue weighted by atomic mass is 9.92. The van der Waals surface area contributed by atoms with Crippen molar-refractivity contribution in [1.29, 1.82) is 0 Å². The van der Waals surface area contributed by atoms with E-state index in [1.807, 2.05) is 4.90 Å². The molecule has 154 valence electrons. The molecule has 0 aliphatic carbocycles. The van der Waals surface area contributed by atoms with E-state index in [9.17, 15) is 9.18 Å². The van der Waals surface area contributed by atoms with Crippen molar-refractivity contribution in [3.05, 3.63) is 40.4 Å². The van der Waals surface area contributed by atoms with Gasteiger partial charge in [-0.3, -0.25) is 4.79 Å². The summed E-state index contributed by atoms with van der Waals surface area (Å²) in [6, 6.07) is 5.08. The number of nitrogens with zero attached hydrogens (tertiary/aromatic N) is 4. The van der Waals surface area contributed by atoms with E-state index in [4.69, 9.17) is 28.9 Å². The third kappa shape index (κ3) is 4.18. The van der Waals surface area contributed by atoms with E-state index in [0.717, 1.165) is 12.8 Å². The van der Waals surface area contributed by atoms with Crippen LogP contribution in [0.3, 0.4) is 0 Å². The Morgan fingerprint density at radius 3 is 2.69 bits per heavy atom. The number of halogens is 3. The summed E-state index contributed by atoms with van der Waals surface area (Å²) in [5, 5.41) is 4.07. The predicted molar refractivity (Wildman–Crippen MR) is 112 cm³/mol. The second-order valence-corrected chi connectivity index (χ2v) is 8.22. The summed E-state index contributed by atoms with van der Waals surface area (Å²) in [4.78, 5) is 24.3. The van der Waals surface area contributed by atoms with E-state index < -0.39 is 5.82 Å². The van der Waals surface area contributed by atoms with Gasteiger partial charge in [0, 0.05) is 35.4 Å². The summed E-state index contributed by atoms with van der Waals surface area (Å²) < 4.78 is 14.4. The van der Waals surface area contributed by atoms with Crippen LogP contribution >= 0.6 is 23.2 Å². The number of likely N-dealkylation sites (tertiary alicyclic amines) is 1. The molecule has 3 N–H and O–H groups in total. The van der Waals surface area contributed by atoms with Gasteiger partial charge in [0.05, 0.1) is 12.6 Å². The molecule has 2 aliphatic rings. The normalized spacial score (nSPS) is 21.2. The van der Waals surface area contributed by atoms with Gasteiger partial charge in [-0.1, -0.05) is 23.2 Å². The Hall–Kier alpha value is -2.32. The largest absolute Gasteiger partial charge is 0.381 e. The molecule has 1 aromatic carbocycles. The Labute approximate surface area is 178 Å². The van der Waals surface area contributed by atoms with Crippen molar-refractivity contribution in [3.63, 3.8) is 0 Å². The molecule has 7 nitrogen and oxygen atoms in total. The third-order valence-electron chi connectivity index (χ3n) is 5.59. The number of benzene rings is 1. The fraction of sp³-hybridized carbons (Fsp3) is 0.421. The zero-order valence-electron chi connectivity index (χ0n) is 15.6. The standard InChI is InChI=1S/C19H21Cl2FN6O/c20-12-5-13(21)7-14(6-12)24-8-16(29)27-3-1-11-2-4-28(15(11)9-27)19-17(22)18(23)25-10-26-19/h5-7,10-11,15,24H,1-4,8-9H2,(H2,23,25,26). The number of piperidine rings is 1. The number of carbonyl (C=O) groups excluding carboxylic acids is 1. The van der Waals surface area contributed by atoms with Gasteiger partial charge in [0.2, 0.25) is 11.7 Å². The molecule has 2 fully saturated rings. The first-order valence-electron chi connectivity index (χ1n) is 9.42. The van der Waals surface area contributed by atoms with E-state index in [1.54, 1.807) is 23.1 Å². The Bertz CT molecular complexity index is 909. The highest BCUT2D eigenvalue weighted by Crippen LogP contribution is 2.36. The molecule has 2 saturated heterocycles. The van der Waals surface area contributed by atoms with E-state index in [0.29, 0.717) is 41.3 Å². The van der Waals surface area contributed by atoms with Gasteiger partial charge in [0.1, 0.15) is 6.33 Å². The molecule has 1 aromatic heterocycles. The van der Waals surface area contributed by atoms with E-state index in [1.165, 1.54) is 6.33 Å². The number of fused-ring (bicyclic) bond motifs is 1. The van der Waals surface area contributed by atoms with Crippen LogP contribution in [-0.2, 0) is 4.79 Å². The van der Waals surface area contributed by atoms with Crippen LogP contribution in [0.2, 0.25) is 10.0 Å². The summed E-state index contributed by atoms with van der Waals surface area (Å²) in [7, 11) is 0. The van der Waals surface area contributed by atoms with Gasteiger partial charge in [0.15, 0.2) is 11.6 Å². The molecule has 2 atom stereocenters. The zero-order chi connectivity index (χ0) is 20.5. The minimum Gasteiger partial charge on any atom is -0.381 e. The molecule has 1 amide bonds. The van der Waals surface area contributed by atoms with Gasteiger partial charge >= 0.3 is 0 Å². The number of amides is 1. The van der Waals surface area contributed by atoms with E-state index in [2.05, 4.69) is 15.3 Å². The number of rotatable bonds is 4. The quantitative estimate of drug-likeness (QED) is 0.762. The highest BCUT2D eigenvalue weighted by Gasteiger charge is 2.41. The van der Waals surface area contributed by atoms with Crippen molar-refractivity contribution < 1.29 is 9.18 Å². The summed E-state index contributed by atoms with van der Waals surface area (Å²) in [5.41, 5.74) is 6.29. The highest BCUT2D eigenvalue weighted by atomic mass is 35.5. The first kappa shape index (κ1) is 20.0. The number of nitrogens with two attached hydrogens (primary N) is 1.